The van der Waals surface area contributed by atoms with E-state index in [4.69, 9.17) is 5.73 Å². The molecule has 1 aromatic rings. The zero-order chi connectivity index (χ0) is 13.9. The average Bonchev–Trinajstić information content (AvgIpc) is 2.86. The highest BCUT2D eigenvalue weighted by Crippen LogP contribution is 2.29. The normalized spacial score (nSPS) is 17.6. The summed E-state index contributed by atoms with van der Waals surface area (Å²) in [6.07, 6.45) is 3.97. The van der Waals surface area contributed by atoms with Crippen molar-refractivity contribution in [2.75, 3.05) is 6.61 Å². The summed E-state index contributed by atoms with van der Waals surface area (Å²) < 4.78 is 13.8. The standard InChI is InChI=1S/C14H19FN2O2/c15-12-7-10(13(16)19)3-4-11(12)8-17-14(9-18)5-1-2-6-14/h3-4,7,17-18H,1-2,5-6,8-9H2,(H2,16,19). The summed E-state index contributed by atoms with van der Waals surface area (Å²) in [5.41, 5.74) is 5.45. The third kappa shape index (κ3) is 3.11. The van der Waals surface area contributed by atoms with Gasteiger partial charge in [-0.1, -0.05) is 18.9 Å². The fourth-order valence-corrected chi connectivity index (χ4v) is 2.57. The maximum atomic E-state index is 13.8. The number of nitrogens with two attached hydrogens (primary N) is 1. The van der Waals surface area contributed by atoms with Crippen molar-refractivity contribution in [1.29, 1.82) is 0 Å². The fourth-order valence-electron chi connectivity index (χ4n) is 2.57. The van der Waals surface area contributed by atoms with Crippen LogP contribution in [0.3, 0.4) is 0 Å². The zero-order valence-electron chi connectivity index (χ0n) is 10.8. The Labute approximate surface area is 111 Å². The van der Waals surface area contributed by atoms with E-state index in [1.165, 1.54) is 6.07 Å². The average molecular weight is 266 g/mol. The van der Waals surface area contributed by atoms with Crippen LogP contribution in [0.2, 0.25) is 0 Å². The topological polar surface area (TPSA) is 75.4 Å². The molecule has 1 aliphatic carbocycles. The molecule has 1 amide bonds. The Morgan fingerprint density at radius 1 is 1.42 bits per heavy atom. The molecule has 4 nitrogen and oxygen atoms in total. The van der Waals surface area contributed by atoms with E-state index in [1.54, 1.807) is 6.07 Å². The zero-order valence-corrected chi connectivity index (χ0v) is 10.8. The van der Waals surface area contributed by atoms with Gasteiger partial charge in [-0.15, -0.1) is 0 Å². The number of benzene rings is 1. The highest BCUT2D eigenvalue weighted by molar-refractivity contribution is 5.92. The van der Waals surface area contributed by atoms with Crippen molar-refractivity contribution in [3.05, 3.63) is 35.1 Å². The van der Waals surface area contributed by atoms with Gasteiger partial charge in [-0.3, -0.25) is 4.79 Å². The Kier molecular flexibility index (Phi) is 4.17. The van der Waals surface area contributed by atoms with Gasteiger partial charge in [0, 0.05) is 23.2 Å². The van der Waals surface area contributed by atoms with E-state index in [0.29, 0.717) is 12.1 Å². The van der Waals surface area contributed by atoms with Gasteiger partial charge < -0.3 is 16.2 Å². The van der Waals surface area contributed by atoms with Crippen LogP contribution in [0.25, 0.3) is 0 Å². The molecule has 19 heavy (non-hydrogen) atoms. The molecular weight excluding hydrogens is 247 g/mol. The molecule has 0 atom stereocenters. The summed E-state index contributed by atoms with van der Waals surface area (Å²) in [7, 11) is 0. The van der Waals surface area contributed by atoms with Crippen LogP contribution in [0, 0.1) is 5.82 Å². The lowest BCUT2D eigenvalue weighted by Crippen LogP contribution is -2.45. The highest BCUT2D eigenvalue weighted by Gasteiger charge is 2.32. The summed E-state index contributed by atoms with van der Waals surface area (Å²) in [4.78, 5) is 10.9. The minimum atomic E-state index is -0.638. The van der Waals surface area contributed by atoms with Crippen molar-refractivity contribution >= 4 is 5.91 Å². The molecule has 0 spiro atoms. The molecular formula is C14H19FN2O2. The maximum Gasteiger partial charge on any atom is 0.248 e. The summed E-state index contributed by atoms with van der Waals surface area (Å²) >= 11 is 0. The lowest BCUT2D eigenvalue weighted by Gasteiger charge is -2.28. The number of aliphatic hydroxyl groups is 1. The Morgan fingerprint density at radius 3 is 2.63 bits per heavy atom. The van der Waals surface area contributed by atoms with E-state index in [9.17, 15) is 14.3 Å². The number of aliphatic hydroxyl groups excluding tert-OH is 1. The van der Waals surface area contributed by atoms with E-state index in [2.05, 4.69) is 5.32 Å². The molecule has 0 heterocycles. The SMILES string of the molecule is NC(=O)c1ccc(CNC2(CO)CCCC2)c(F)c1. The quantitative estimate of drug-likeness (QED) is 0.752. The number of amides is 1. The number of hydrogen-bond donors (Lipinski definition) is 3. The van der Waals surface area contributed by atoms with E-state index in [1.807, 2.05) is 0 Å². The second-order valence-electron chi connectivity index (χ2n) is 5.17. The van der Waals surface area contributed by atoms with Gasteiger partial charge in [0.1, 0.15) is 5.82 Å². The van der Waals surface area contributed by atoms with Crippen molar-refractivity contribution in [3.63, 3.8) is 0 Å². The highest BCUT2D eigenvalue weighted by atomic mass is 19.1. The number of primary amides is 1. The van der Waals surface area contributed by atoms with Crippen molar-refractivity contribution < 1.29 is 14.3 Å². The van der Waals surface area contributed by atoms with Crippen molar-refractivity contribution in [2.24, 2.45) is 5.73 Å². The molecule has 0 aliphatic heterocycles. The van der Waals surface area contributed by atoms with Crippen LogP contribution >= 0.6 is 0 Å². The van der Waals surface area contributed by atoms with Gasteiger partial charge in [0.05, 0.1) is 6.61 Å². The molecule has 104 valence electrons. The van der Waals surface area contributed by atoms with Crippen LogP contribution < -0.4 is 11.1 Å². The number of carbonyl (C=O) groups excluding carboxylic acids is 1. The molecule has 2 rings (SSSR count). The van der Waals surface area contributed by atoms with Gasteiger partial charge in [0.15, 0.2) is 0 Å². The van der Waals surface area contributed by atoms with Crippen LogP contribution in [0.1, 0.15) is 41.6 Å². The molecule has 0 aromatic heterocycles. The molecule has 1 saturated carbocycles. The number of carbonyl (C=O) groups is 1. The first-order chi connectivity index (χ1) is 9.06. The van der Waals surface area contributed by atoms with Gasteiger partial charge in [-0.05, 0) is 25.0 Å². The molecule has 0 saturated heterocycles. The molecule has 1 aromatic carbocycles. The van der Waals surface area contributed by atoms with E-state index in [0.717, 1.165) is 31.7 Å². The van der Waals surface area contributed by atoms with Crippen LogP contribution in [0.5, 0.6) is 0 Å². The van der Waals surface area contributed by atoms with Gasteiger partial charge >= 0.3 is 0 Å². The molecule has 5 heteroatoms. The molecule has 4 N–H and O–H groups in total. The maximum absolute atomic E-state index is 13.8. The monoisotopic (exact) mass is 266 g/mol. The Balaban J connectivity index is 2.05. The Morgan fingerprint density at radius 2 is 2.11 bits per heavy atom. The summed E-state index contributed by atoms with van der Waals surface area (Å²) in [6, 6.07) is 4.23. The Hall–Kier alpha value is -1.46. The van der Waals surface area contributed by atoms with Crippen molar-refractivity contribution in [2.45, 2.75) is 37.8 Å². The first kappa shape index (κ1) is 14.0. The smallest absolute Gasteiger partial charge is 0.248 e. The van der Waals surface area contributed by atoms with Gasteiger partial charge in [-0.25, -0.2) is 4.39 Å². The molecule has 1 aliphatic rings. The lowest BCUT2D eigenvalue weighted by atomic mass is 9.98. The van der Waals surface area contributed by atoms with Crippen LogP contribution in [0.15, 0.2) is 18.2 Å². The molecule has 0 bridgehead atoms. The van der Waals surface area contributed by atoms with Crippen LogP contribution in [-0.2, 0) is 6.54 Å². The van der Waals surface area contributed by atoms with E-state index < -0.39 is 11.7 Å². The second-order valence-corrected chi connectivity index (χ2v) is 5.17. The summed E-state index contributed by atoms with van der Waals surface area (Å²) in [5.74, 6) is -1.09. The Bertz CT molecular complexity index is 471. The molecule has 0 radical (unpaired) electrons. The number of nitrogens with one attached hydrogen (secondary N) is 1. The molecule has 0 unspecified atom stereocenters. The van der Waals surface area contributed by atoms with E-state index >= 15 is 0 Å². The number of rotatable bonds is 5. The van der Waals surface area contributed by atoms with Gasteiger partial charge in [0.25, 0.3) is 0 Å². The van der Waals surface area contributed by atoms with Crippen LogP contribution in [0.4, 0.5) is 4.39 Å². The van der Waals surface area contributed by atoms with Crippen LogP contribution in [-0.4, -0.2) is 23.2 Å². The third-order valence-electron chi connectivity index (χ3n) is 3.85. The third-order valence-corrected chi connectivity index (χ3v) is 3.85. The minimum absolute atomic E-state index is 0.0635. The largest absolute Gasteiger partial charge is 0.394 e. The van der Waals surface area contributed by atoms with Crippen molar-refractivity contribution in [1.82, 2.24) is 5.32 Å². The number of hydrogen-bond acceptors (Lipinski definition) is 3. The predicted molar refractivity (Wildman–Crippen MR) is 70.0 cm³/mol. The first-order valence-electron chi connectivity index (χ1n) is 6.50. The lowest BCUT2D eigenvalue weighted by molar-refractivity contribution is 0.1000. The summed E-state index contributed by atoms with van der Waals surface area (Å²) in [6.45, 7) is 0.402. The fraction of sp³-hybridized carbons (Fsp3) is 0.500. The van der Waals surface area contributed by atoms with Crippen molar-refractivity contribution in [3.8, 4) is 0 Å². The first-order valence-corrected chi connectivity index (χ1v) is 6.50. The molecule has 1 fully saturated rings. The van der Waals surface area contributed by atoms with E-state index in [-0.39, 0.29) is 17.7 Å². The van der Waals surface area contributed by atoms with Gasteiger partial charge in [-0.2, -0.15) is 0 Å². The summed E-state index contributed by atoms with van der Waals surface area (Å²) in [5, 5.41) is 12.7. The van der Waals surface area contributed by atoms with Gasteiger partial charge in [0.2, 0.25) is 5.91 Å². The predicted octanol–water partition coefficient (Wildman–Crippen LogP) is 1.32. The number of halogens is 1. The minimum Gasteiger partial charge on any atom is -0.394 e. The second kappa shape index (κ2) is 5.67.